The van der Waals surface area contributed by atoms with Crippen LogP contribution < -0.4 is 5.32 Å². The Labute approximate surface area is 97.5 Å². The molecule has 0 aromatic carbocycles. The molecule has 4 atom stereocenters. The molecule has 0 radical (unpaired) electrons. The van der Waals surface area contributed by atoms with Crippen molar-refractivity contribution in [3.05, 3.63) is 0 Å². The Kier molecular flexibility index (Phi) is 6.85. The van der Waals surface area contributed by atoms with Crippen LogP contribution in [0.4, 0.5) is 0 Å². The summed E-state index contributed by atoms with van der Waals surface area (Å²) in [6.07, 6.45) is -7.71. The number of nitrogens with one attached hydrogen (secondary N) is 1. The Morgan fingerprint density at radius 2 is 1.71 bits per heavy atom. The molecule has 0 aliphatic heterocycles. The lowest BCUT2D eigenvalue weighted by molar-refractivity contribution is -0.152. The fraction of sp³-hybridized carbons (Fsp3) is 0.778. The first-order chi connectivity index (χ1) is 7.84. The van der Waals surface area contributed by atoms with Crippen molar-refractivity contribution in [2.75, 3.05) is 6.61 Å². The average Bonchev–Trinajstić information content (AvgIpc) is 2.34. The molecule has 6 N–H and O–H groups in total. The van der Waals surface area contributed by atoms with Crippen LogP contribution in [0.3, 0.4) is 0 Å². The first-order valence-electron chi connectivity index (χ1n) is 5.01. The van der Waals surface area contributed by atoms with Gasteiger partial charge in [0.25, 0.3) is 0 Å². The molecular formula is C9H17NO7. The summed E-state index contributed by atoms with van der Waals surface area (Å²) in [4.78, 5) is 22.1. The van der Waals surface area contributed by atoms with Gasteiger partial charge in [0.1, 0.15) is 18.3 Å². The molecule has 0 heterocycles. The molecule has 1 unspecified atom stereocenters. The standard InChI is InChI=1S/C9H17NO7/c1-2-5(13)10-9(17)8(16)7(15)6(14)4(12)3-11/h4,6-7,9,11-12,14-15,17H,2-3H2,1H3,(H,10,13)/t4-,6-,7+,9?/m1/s1. The van der Waals surface area contributed by atoms with Crippen molar-refractivity contribution in [1.82, 2.24) is 5.32 Å². The van der Waals surface area contributed by atoms with E-state index >= 15 is 0 Å². The summed E-state index contributed by atoms with van der Waals surface area (Å²) >= 11 is 0. The highest BCUT2D eigenvalue weighted by molar-refractivity contribution is 5.90. The van der Waals surface area contributed by atoms with Crippen LogP contribution in [0.15, 0.2) is 0 Å². The van der Waals surface area contributed by atoms with Crippen LogP contribution in [0.2, 0.25) is 0 Å². The van der Waals surface area contributed by atoms with E-state index < -0.39 is 42.8 Å². The Bertz CT molecular complexity index is 270. The maximum Gasteiger partial charge on any atom is 0.222 e. The topological polar surface area (TPSA) is 147 Å². The van der Waals surface area contributed by atoms with Crippen molar-refractivity contribution >= 4 is 11.7 Å². The first-order valence-corrected chi connectivity index (χ1v) is 5.01. The fourth-order valence-corrected chi connectivity index (χ4v) is 0.974. The Balaban J connectivity index is 4.43. The third kappa shape index (κ3) is 4.75. The molecule has 17 heavy (non-hydrogen) atoms. The second-order valence-corrected chi connectivity index (χ2v) is 3.41. The van der Waals surface area contributed by atoms with Crippen molar-refractivity contribution in [2.45, 2.75) is 37.9 Å². The summed E-state index contributed by atoms with van der Waals surface area (Å²) in [6.45, 7) is 0.635. The fourth-order valence-electron chi connectivity index (χ4n) is 0.974. The highest BCUT2D eigenvalue weighted by Gasteiger charge is 2.33. The predicted molar refractivity (Wildman–Crippen MR) is 54.6 cm³/mol. The maximum atomic E-state index is 11.3. The second-order valence-electron chi connectivity index (χ2n) is 3.41. The minimum Gasteiger partial charge on any atom is -0.394 e. The zero-order valence-corrected chi connectivity index (χ0v) is 9.28. The Hall–Kier alpha value is -1.06. The lowest BCUT2D eigenvalue weighted by atomic mass is 10.0. The third-order valence-corrected chi connectivity index (χ3v) is 2.08. The minimum atomic E-state index is -2.11. The van der Waals surface area contributed by atoms with Crippen LogP contribution in [0.1, 0.15) is 13.3 Å². The van der Waals surface area contributed by atoms with E-state index in [0.29, 0.717) is 0 Å². The Morgan fingerprint density at radius 3 is 2.12 bits per heavy atom. The molecule has 8 nitrogen and oxygen atoms in total. The van der Waals surface area contributed by atoms with E-state index in [1.807, 2.05) is 5.32 Å². The number of amides is 1. The number of carbonyl (C=O) groups excluding carboxylic acids is 2. The molecule has 0 rings (SSSR count). The Morgan fingerprint density at radius 1 is 1.18 bits per heavy atom. The van der Waals surface area contributed by atoms with Crippen LogP contribution >= 0.6 is 0 Å². The highest BCUT2D eigenvalue weighted by Crippen LogP contribution is 2.03. The summed E-state index contributed by atoms with van der Waals surface area (Å²) in [5.41, 5.74) is 0. The van der Waals surface area contributed by atoms with Crippen LogP contribution in [0.25, 0.3) is 0 Å². The number of hydrogen-bond acceptors (Lipinski definition) is 7. The van der Waals surface area contributed by atoms with Gasteiger partial charge in [0, 0.05) is 6.42 Å². The third-order valence-electron chi connectivity index (χ3n) is 2.08. The summed E-state index contributed by atoms with van der Waals surface area (Å²) in [7, 11) is 0. The van der Waals surface area contributed by atoms with Crippen LogP contribution in [0, 0.1) is 0 Å². The van der Waals surface area contributed by atoms with E-state index in [1.54, 1.807) is 0 Å². The molecule has 100 valence electrons. The van der Waals surface area contributed by atoms with Gasteiger partial charge in [-0.1, -0.05) is 6.92 Å². The average molecular weight is 251 g/mol. The lowest BCUT2D eigenvalue weighted by Gasteiger charge is -2.22. The normalized spacial score (nSPS) is 18.0. The van der Waals surface area contributed by atoms with E-state index in [4.69, 9.17) is 10.2 Å². The van der Waals surface area contributed by atoms with E-state index in [-0.39, 0.29) is 6.42 Å². The van der Waals surface area contributed by atoms with E-state index in [2.05, 4.69) is 0 Å². The molecule has 0 fully saturated rings. The van der Waals surface area contributed by atoms with E-state index in [1.165, 1.54) is 6.92 Å². The minimum absolute atomic E-state index is 0.0300. The molecular weight excluding hydrogens is 234 g/mol. The molecule has 1 amide bonds. The van der Waals surface area contributed by atoms with Gasteiger partial charge in [-0.25, -0.2) is 0 Å². The zero-order chi connectivity index (χ0) is 13.6. The van der Waals surface area contributed by atoms with Gasteiger partial charge in [-0.05, 0) is 0 Å². The summed E-state index contributed by atoms with van der Waals surface area (Å²) in [5, 5.41) is 47.0. The molecule has 0 spiro atoms. The SMILES string of the molecule is CCC(=O)NC(O)C(=O)[C@@H](O)[C@H](O)[C@H](O)CO. The van der Waals surface area contributed by atoms with Gasteiger partial charge in [-0.15, -0.1) is 0 Å². The van der Waals surface area contributed by atoms with Crippen molar-refractivity contribution in [3.63, 3.8) is 0 Å². The van der Waals surface area contributed by atoms with Gasteiger partial charge in [0.05, 0.1) is 6.61 Å². The second kappa shape index (κ2) is 7.30. The largest absolute Gasteiger partial charge is 0.394 e. The highest BCUT2D eigenvalue weighted by atomic mass is 16.4. The quantitative estimate of drug-likeness (QED) is 0.257. The van der Waals surface area contributed by atoms with E-state index in [0.717, 1.165) is 0 Å². The van der Waals surface area contributed by atoms with Gasteiger partial charge in [-0.2, -0.15) is 0 Å². The monoisotopic (exact) mass is 251 g/mol. The predicted octanol–water partition coefficient (Wildman–Crippen LogP) is -3.52. The van der Waals surface area contributed by atoms with Crippen LogP contribution in [-0.2, 0) is 9.59 Å². The van der Waals surface area contributed by atoms with Crippen LogP contribution in [0.5, 0.6) is 0 Å². The van der Waals surface area contributed by atoms with Crippen LogP contribution in [-0.4, -0.2) is 68.4 Å². The number of Topliss-reactive ketones (excluding diaryl/α,β-unsaturated/α-hetero) is 1. The van der Waals surface area contributed by atoms with Crippen molar-refractivity contribution < 1.29 is 35.1 Å². The molecule has 0 aliphatic rings. The van der Waals surface area contributed by atoms with Gasteiger partial charge < -0.3 is 30.8 Å². The molecule has 0 bridgehead atoms. The lowest BCUT2D eigenvalue weighted by Crippen LogP contribution is -2.52. The number of aliphatic hydroxyl groups is 5. The number of aliphatic hydroxyl groups excluding tert-OH is 5. The maximum absolute atomic E-state index is 11.3. The molecule has 0 aliphatic carbocycles. The molecule has 0 aromatic heterocycles. The summed E-state index contributed by atoms with van der Waals surface area (Å²) in [5.74, 6) is -1.89. The molecule has 8 heteroatoms. The number of rotatable bonds is 7. The number of carbonyl (C=O) groups is 2. The summed E-state index contributed by atoms with van der Waals surface area (Å²) in [6, 6.07) is 0. The molecule has 0 aromatic rings. The van der Waals surface area contributed by atoms with Crippen molar-refractivity contribution in [1.29, 1.82) is 0 Å². The van der Waals surface area contributed by atoms with Crippen molar-refractivity contribution in [3.8, 4) is 0 Å². The van der Waals surface area contributed by atoms with Gasteiger partial charge >= 0.3 is 0 Å². The summed E-state index contributed by atoms with van der Waals surface area (Å²) < 4.78 is 0. The number of hydrogen-bond donors (Lipinski definition) is 6. The molecule has 0 saturated heterocycles. The zero-order valence-electron chi connectivity index (χ0n) is 9.28. The number of ketones is 1. The first kappa shape index (κ1) is 15.9. The van der Waals surface area contributed by atoms with Crippen molar-refractivity contribution in [2.24, 2.45) is 0 Å². The smallest absolute Gasteiger partial charge is 0.222 e. The van der Waals surface area contributed by atoms with Gasteiger partial charge in [0.15, 0.2) is 6.23 Å². The van der Waals surface area contributed by atoms with Gasteiger partial charge in [-0.3, -0.25) is 9.59 Å². The van der Waals surface area contributed by atoms with Gasteiger partial charge in [0.2, 0.25) is 11.7 Å². The molecule has 0 saturated carbocycles. The van der Waals surface area contributed by atoms with E-state index in [9.17, 15) is 24.9 Å².